The van der Waals surface area contributed by atoms with Gasteiger partial charge in [-0.05, 0) is 17.5 Å². The van der Waals surface area contributed by atoms with Crippen molar-refractivity contribution in [1.29, 1.82) is 0 Å². The fourth-order valence-electron chi connectivity index (χ4n) is 3.99. The van der Waals surface area contributed by atoms with Gasteiger partial charge in [0.2, 0.25) is 5.91 Å². The van der Waals surface area contributed by atoms with Crippen molar-refractivity contribution in [3.63, 3.8) is 0 Å². The van der Waals surface area contributed by atoms with Gasteiger partial charge < -0.3 is 20.5 Å². The van der Waals surface area contributed by atoms with Gasteiger partial charge >= 0.3 is 6.09 Å². The molecule has 0 radical (unpaired) electrons. The summed E-state index contributed by atoms with van der Waals surface area (Å²) in [4.78, 5) is 26.6. The molecule has 7 heteroatoms. The summed E-state index contributed by atoms with van der Waals surface area (Å²) in [5, 5.41) is 14.4. The Bertz CT molecular complexity index is 846. The number of aliphatic hydroxyl groups is 1. The van der Waals surface area contributed by atoms with Gasteiger partial charge in [-0.2, -0.15) is 0 Å². The molecule has 4 atom stereocenters. The quantitative estimate of drug-likeness (QED) is 0.543. The lowest BCUT2D eigenvalue weighted by molar-refractivity contribution is -0.134. The Labute approximate surface area is 183 Å². The van der Waals surface area contributed by atoms with Crippen LogP contribution in [0, 0.1) is 0 Å². The minimum Gasteiger partial charge on any atom is -0.443 e. The number of unbranched alkanes of at least 4 members (excludes halogenated alkanes) is 1. The Hall–Kier alpha value is -2.90. The minimum absolute atomic E-state index is 0.196. The first kappa shape index (κ1) is 22.8. The van der Waals surface area contributed by atoms with Crippen molar-refractivity contribution in [2.75, 3.05) is 0 Å². The second-order valence-corrected chi connectivity index (χ2v) is 7.91. The maximum atomic E-state index is 13.3. The number of rotatable bonds is 10. The summed E-state index contributed by atoms with van der Waals surface area (Å²) in [5.41, 5.74) is 7.15. The number of hydrogen-bond donors (Lipinski definition) is 3. The maximum absolute atomic E-state index is 13.3. The number of benzene rings is 2. The van der Waals surface area contributed by atoms with Crippen LogP contribution in [-0.4, -0.2) is 46.4 Å². The van der Waals surface area contributed by atoms with Gasteiger partial charge in [0.15, 0.2) is 0 Å². The number of nitrogens with one attached hydrogen (secondary N) is 1. The van der Waals surface area contributed by atoms with Gasteiger partial charge in [0.25, 0.3) is 0 Å². The van der Waals surface area contributed by atoms with E-state index in [1.807, 2.05) is 60.7 Å². The average Bonchev–Trinajstić information content (AvgIpc) is 3.07. The lowest BCUT2D eigenvalue weighted by atomic mass is 9.98. The van der Waals surface area contributed by atoms with Crippen LogP contribution in [0.2, 0.25) is 0 Å². The number of amides is 2. The van der Waals surface area contributed by atoms with E-state index < -0.39 is 24.3 Å². The van der Waals surface area contributed by atoms with Crippen LogP contribution in [0.4, 0.5) is 4.79 Å². The number of aliphatic hydroxyl groups excluding tert-OH is 1. The van der Waals surface area contributed by atoms with Crippen LogP contribution in [0.3, 0.4) is 0 Å². The molecule has 1 aliphatic heterocycles. The van der Waals surface area contributed by atoms with Gasteiger partial charge in [-0.1, -0.05) is 80.4 Å². The molecule has 1 heterocycles. The molecular formula is C24H31N3O4. The lowest BCUT2D eigenvalue weighted by Crippen LogP contribution is -2.50. The molecule has 0 aromatic heterocycles. The lowest BCUT2D eigenvalue weighted by Gasteiger charge is -2.26. The molecule has 0 aliphatic carbocycles. The highest BCUT2D eigenvalue weighted by Crippen LogP contribution is 2.23. The molecule has 166 valence electrons. The second kappa shape index (κ2) is 10.9. The van der Waals surface area contributed by atoms with E-state index in [1.165, 1.54) is 0 Å². The molecule has 0 saturated carbocycles. The highest BCUT2D eigenvalue weighted by molar-refractivity contribution is 5.85. The van der Waals surface area contributed by atoms with Gasteiger partial charge in [0.1, 0.15) is 18.2 Å². The van der Waals surface area contributed by atoms with Crippen molar-refractivity contribution in [2.24, 2.45) is 5.73 Å². The predicted molar refractivity (Wildman–Crippen MR) is 118 cm³/mol. The van der Waals surface area contributed by atoms with Crippen molar-refractivity contribution < 1.29 is 19.4 Å². The van der Waals surface area contributed by atoms with Crippen LogP contribution < -0.4 is 11.1 Å². The third-order valence-electron chi connectivity index (χ3n) is 5.59. The molecule has 3 rings (SSSR count). The molecule has 31 heavy (non-hydrogen) atoms. The van der Waals surface area contributed by atoms with Crippen LogP contribution in [0.15, 0.2) is 60.7 Å². The van der Waals surface area contributed by atoms with E-state index in [0.717, 1.165) is 30.4 Å². The van der Waals surface area contributed by atoms with E-state index >= 15 is 0 Å². The van der Waals surface area contributed by atoms with Crippen LogP contribution in [-0.2, 0) is 22.5 Å². The van der Waals surface area contributed by atoms with Crippen LogP contribution in [0.25, 0.3) is 0 Å². The topological polar surface area (TPSA) is 105 Å². The Morgan fingerprint density at radius 1 is 1.13 bits per heavy atom. The molecule has 1 unspecified atom stereocenters. The summed E-state index contributed by atoms with van der Waals surface area (Å²) < 4.78 is 5.22. The number of nitrogens with zero attached hydrogens (tertiary/aromatic N) is 1. The van der Waals surface area contributed by atoms with Crippen LogP contribution in [0.5, 0.6) is 0 Å². The van der Waals surface area contributed by atoms with Crippen molar-refractivity contribution >= 4 is 12.0 Å². The smallest absolute Gasteiger partial charge is 0.404 e. The van der Waals surface area contributed by atoms with E-state index in [4.69, 9.17) is 10.5 Å². The zero-order chi connectivity index (χ0) is 22.2. The maximum Gasteiger partial charge on any atom is 0.404 e. The van der Waals surface area contributed by atoms with Crippen molar-refractivity contribution in [2.45, 2.75) is 63.6 Å². The first-order valence-electron chi connectivity index (χ1n) is 10.8. The van der Waals surface area contributed by atoms with E-state index in [0.29, 0.717) is 6.54 Å². The van der Waals surface area contributed by atoms with Gasteiger partial charge in [-0.25, -0.2) is 4.79 Å². The molecule has 1 fully saturated rings. The SMILES string of the molecule is CCCCC1N[C@@H]([C@H](O)[C@H](Cc2ccccc2)OC(N)=O)C(=O)N1Cc1ccccc1. The number of nitrogens with two attached hydrogens (primary N) is 1. The van der Waals surface area contributed by atoms with E-state index in [2.05, 4.69) is 12.2 Å². The Morgan fingerprint density at radius 2 is 1.74 bits per heavy atom. The summed E-state index contributed by atoms with van der Waals surface area (Å²) in [6, 6.07) is 18.2. The Balaban J connectivity index is 1.79. The van der Waals surface area contributed by atoms with E-state index in [1.54, 1.807) is 4.90 Å². The van der Waals surface area contributed by atoms with Gasteiger partial charge in [-0.3, -0.25) is 10.1 Å². The highest BCUT2D eigenvalue weighted by Gasteiger charge is 2.45. The van der Waals surface area contributed by atoms with Crippen molar-refractivity contribution in [1.82, 2.24) is 10.2 Å². The predicted octanol–water partition coefficient (Wildman–Crippen LogP) is 2.57. The zero-order valence-corrected chi connectivity index (χ0v) is 17.8. The third-order valence-corrected chi connectivity index (χ3v) is 5.59. The molecule has 1 aliphatic rings. The molecular weight excluding hydrogens is 394 g/mol. The summed E-state index contributed by atoms with van der Waals surface area (Å²) in [5.74, 6) is -0.205. The summed E-state index contributed by atoms with van der Waals surface area (Å²) >= 11 is 0. The summed E-state index contributed by atoms with van der Waals surface area (Å²) in [6.07, 6.45) is -0.361. The molecule has 0 bridgehead atoms. The second-order valence-electron chi connectivity index (χ2n) is 7.91. The largest absolute Gasteiger partial charge is 0.443 e. The van der Waals surface area contributed by atoms with Gasteiger partial charge in [0.05, 0.1) is 6.17 Å². The molecule has 4 N–H and O–H groups in total. The molecule has 1 saturated heterocycles. The molecule has 2 aromatic carbocycles. The van der Waals surface area contributed by atoms with Crippen molar-refractivity contribution in [3.05, 3.63) is 71.8 Å². The van der Waals surface area contributed by atoms with Gasteiger partial charge in [0, 0.05) is 13.0 Å². The molecule has 2 aromatic rings. The number of carbonyl (C=O) groups excluding carboxylic acids is 2. The monoisotopic (exact) mass is 425 g/mol. The summed E-state index contributed by atoms with van der Waals surface area (Å²) in [6.45, 7) is 2.55. The minimum atomic E-state index is -1.23. The number of hydrogen-bond acceptors (Lipinski definition) is 5. The Kier molecular flexibility index (Phi) is 8.03. The molecule has 0 spiro atoms. The Morgan fingerprint density at radius 3 is 2.32 bits per heavy atom. The average molecular weight is 426 g/mol. The zero-order valence-electron chi connectivity index (χ0n) is 17.8. The normalized spacial score (nSPS) is 20.5. The third kappa shape index (κ3) is 6.06. The number of ether oxygens (including phenoxy) is 1. The molecule has 7 nitrogen and oxygen atoms in total. The van der Waals surface area contributed by atoms with Crippen LogP contribution >= 0.6 is 0 Å². The fraction of sp³-hybridized carbons (Fsp3) is 0.417. The first-order chi connectivity index (χ1) is 15.0. The number of primary amides is 1. The van der Waals surface area contributed by atoms with Gasteiger partial charge in [-0.15, -0.1) is 0 Å². The first-order valence-corrected chi connectivity index (χ1v) is 10.8. The number of carbonyl (C=O) groups is 2. The van der Waals surface area contributed by atoms with Crippen LogP contribution in [0.1, 0.15) is 37.3 Å². The highest BCUT2D eigenvalue weighted by atomic mass is 16.6. The standard InChI is InChI=1S/C24H31N3O4/c1-2-3-14-20-26-21(23(29)27(20)16-18-12-8-5-9-13-18)22(28)19(31-24(25)30)15-17-10-6-4-7-11-17/h4-13,19-22,26,28H,2-3,14-16H2,1H3,(H2,25,30)/t19-,20?,21-,22+/m0/s1. The fourth-order valence-corrected chi connectivity index (χ4v) is 3.99. The van der Waals surface area contributed by atoms with E-state index in [9.17, 15) is 14.7 Å². The molecule has 2 amide bonds. The summed E-state index contributed by atoms with van der Waals surface area (Å²) in [7, 11) is 0. The van der Waals surface area contributed by atoms with Crippen molar-refractivity contribution in [3.8, 4) is 0 Å². The van der Waals surface area contributed by atoms with E-state index in [-0.39, 0.29) is 18.5 Å².